The topological polar surface area (TPSA) is 84.0 Å². The van der Waals surface area contributed by atoms with Crippen molar-refractivity contribution in [1.29, 1.82) is 0 Å². The Bertz CT molecular complexity index is 840. The molecular weight excluding hydrogens is 416 g/mol. The molecule has 2 saturated heterocycles. The molecule has 172 valence electrons. The van der Waals surface area contributed by atoms with E-state index in [-0.39, 0.29) is 35.7 Å². The molecule has 0 radical (unpaired) electrons. The van der Waals surface area contributed by atoms with Crippen LogP contribution < -0.4 is 0 Å². The van der Waals surface area contributed by atoms with Gasteiger partial charge in [-0.15, -0.1) is 0 Å². The number of rotatable bonds is 7. The van der Waals surface area contributed by atoms with Crippen molar-refractivity contribution in [3.8, 4) is 0 Å². The van der Waals surface area contributed by atoms with Gasteiger partial charge in [-0.1, -0.05) is 30.3 Å². The Morgan fingerprint density at radius 1 is 1.00 bits per heavy atom. The van der Waals surface area contributed by atoms with Crippen molar-refractivity contribution < 1.29 is 22.7 Å². The molecule has 2 aliphatic rings. The lowest BCUT2D eigenvalue weighted by Crippen LogP contribution is -2.52. The number of aryl methyl sites for hydroxylation is 1. The van der Waals surface area contributed by atoms with Crippen LogP contribution in [0.3, 0.4) is 0 Å². The van der Waals surface area contributed by atoms with Gasteiger partial charge in [0, 0.05) is 32.1 Å². The van der Waals surface area contributed by atoms with E-state index < -0.39 is 15.6 Å². The van der Waals surface area contributed by atoms with Crippen molar-refractivity contribution in [2.24, 2.45) is 5.92 Å². The van der Waals surface area contributed by atoms with Crippen LogP contribution in [0, 0.1) is 5.92 Å². The van der Waals surface area contributed by atoms with Crippen LogP contribution >= 0.6 is 0 Å². The molecule has 0 saturated carbocycles. The summed E-state index contributed by atoms with van der Waals surface area (Å²) in [5.41, 5.74) is 1.10. The van der Waals surface area contributed by atoms with E-state index >= 15 is 0 Å². The molecule has 0 N–H and O–H groups in total. The van der Waals surface area contributed by atoms with Gasteiger partial charge in [0.2, 0.25) is 11.8 Å². The summed E-state index contributed by atoms with van der Waals surface area (Å²) >= 11 is 0. The molecule has 8 heteroatoms. The summed E-state index contributed by atoms with van der Waals surface area (Å²) in [6.07, 6.45) is 2.41. The number of hydrogen-bond donors (Lipinski definition) is 0. The Morgan fingerprint density at radius 2 is 1.61 bits per heavy atom. The zero-order valence-electron chi connectivity index (χ0n) is 18.5. The van der Waals surface area contributed by atoms with Gasteiger partial charge in [0.05, 0.1) is 18.0 Å². The number of hydrogen-bond acceptors (Lipinski definition) is 5. The van der Waals surface area contributed by atoms with Crippen molar-refractivity contribution in [1.82, 2.24) is 9.80 Å². The Kier molecular flexibility index (Phi) is 8.11. The normalized spacial score (nSPS) is 23.0. The molecule has 31 heavy (non-hydrogen) atoms. The summed E-state index contributed by atoms with van der Waals surface area (Å²) in [6.45, 7) is 6.01. The van der Waals surface area contributed by atoms with Crippen LogP contribution in [0.15, 0.2) is 30.3 Å². The number of benzene rings is 1. The van der Waals surface area contributed by atoms with Crippen molar-refractivity contribution in [3.63, 3.8) is 0 Å². The standard InChI is InChI=1S/C23H34N2O5S/c1-18-15-25(16-19(2)30-18)23(27)21-10-12-24(13-11-21)22(26)17-31(28,29)14-6-9-20-7-4-3-5-8-20/h3-5,7-8,18-19,21H,6,9-17H2,1-2H3. The lowest BCUT2D eigenvalue weighted by Gasteiger charge is -2.39. The van der Waals surface area contributed by atoms with Gasteiger partial charge in [0.15, 0.2) is 9.84 Å². The first kappa shape index (κ1) is 23.7. The number of sulfone groups is 1. The van der Waals surface area contributed by atoms with E-state index in [4.69, 9.17) is 4.74 Å². The number of carbonyl (C=O) groups excluding carboxylic acids is 2. The Labute approximate surface area is 185 Å². The molecule has 2 aliphatic heterocycles. The van der Waals surface area contributed by atoms with Crippen LogP contribution in [0.25, 0.3) is 0 Å². The first-order valence-electron chi connectivity index (χ1n) is 11.2. The van der Waals surface area contributed by atoms with Crippen molar-refractivity contribution in [3.05, 3.63) is 35.9 Å². The van der Waals surface area contributed by atoms with Gasteiger partial charge in [-0.25, -0.2) is 8.42 Å². The molecule has 3 rings (SSSR count). The maximum atomic E-state index is 12.9. The molecule has 7 nitrogen and oxygen atoms in total. The SMILES string of the molecule is CC1CN(C(=O)C2CCN(C(=O)CS(=O)(=O)CCCc3ccccc3)CC2)CC(C)O1. The second-order valence-electron chi connectivity index (χ2n) is 8.84. The van der Waals surface area contributed by atoms with Gasteiger partial charge < -0.3 is 14.5 Å². The maximum Gasteiger partial charge on any atom is 0.237 e. The highest BCUT2D eigenvalue weighted by Crippen LogP contribution is 2.22. The third-order valence-corrected chi connectivity index (χ3v) is 7.63. The average Bonchev–Trinajstić information content (AvgIpc) is 2.73. The van der Waals surface area contributed by atoms with Crippen LogP contribution in [0.2, 0.25) is 0 Å². The summed E-state index contributed by atoms with van der Waals surface area (Å²) in [5.74, 6) is -0.764. The number of nitrogens with zero attached hydrogens (tertiary/aromatic N) is 2. The largest absolute Gasteiger partial charge is 0.372 e. The zero-order valence-corrected chi connectivity index (χ0v) is 19.4. The minimum atomic E-state index is -3.44. The fourth-order valence-electron chi connectivity index (χ4n) is 4.48. The van der Waals surface area contributed by atoms with Crippen LogP contribution in [0.5, 0.6) is 0 Å². The third kappa shape index (κ3) is 7.04. The van der Waals surface area contributed by atoms with Crippen LogP contribution in [0.1, 0.15) is 38.7 Å². The lowest BCUT2D eigenvalue weighted by molar-refractivity contribution is -0.150. The van der Waals surface area contributed by atoms with Crippen molar-refractivity contribution in [2.45, 2.75) is 51.7 Å². The highest BCUT2D eigenvalue weighted by Gasteiger charge is 2.34. The summed E-state index contributed by atoms with van der Waals surface area (Å²) < 4.78 is 30.5. The molecule has 2 unspecified atom stereocenters. The van der Waals surface area contributed by atoms with Gasteiger partial charge in [0.25, 0.3) is 0 Å². The first-order valence-corrected chi connectivity index (χ1v) is 13.0. The second kappa shape index (κ2) is 10.6. The Morgan fingerprint density at radius 3 is 2.23 bits per heavy atom. The van der Waals surface area contributed by atoms with Crippen molar-refractivity contribution >= 4 is 21.7 Å². The smallest absolute Gasteiger partial charge is 0.237 e. The van der Waals surface area contributed by atoms with Gasteiger partial charge in [-0.05, 0) is 45.1 Å². The van der Waals surface area contributed by atoms with E-state index in [1.165, 1.54) is 0 Å². The fourth-order valence-corrected chi connectivity index (χ4v) is 5.77. The quantitative estimate of drug-likeness (QED) is 0.634. The van der Waals surface area contributed by atoms with E-state index in [2.05, 4.69) is 0 Å². The molecular formula is C23H34N2O5S. The Balaban J connectivity index is 1.42. The predicted molar refractivity (Wildman–Crippen MR) is 119 cm³/mol. The number of carbonyl (C=O) groups is 2. The van der Waals surface area contributed by atoms with E-state index in [9.17, 15) is 18.0 Å². The second-order valence-corrected chi connectivity index (χ2v) is 11.0. The van der Waals surface area contributed by atoms with E-state index in [1.54, 1.807) is 4.90 Å². The summed E-state index contributed by atoms with van der Waals surface area (Å²) in [5, 5.41) is 0. The van der Waals surface area contributed by atoms with Crippen LogP contribution in [0.4, 0.5) is 0 Å². The molecule has 0 aliphatic carbocycles. The van der Waals surface area contributed by atoms with Gasteiger partial charge >= 0.3 is 0 Å². The molecule has 2 amide bonds. The minimum absolute atomic E-state index is 0.00991. The zero-order chi connectivity index (χ0) is 22.4. The molecule has 1 aromatic carbocycles. The van der Waals surface area contributed by atoms with Gasteiger partial charge in [-0.3, -0.25) is 9.59 Å². The fraction of sp³-hybridized carbons (Fsp3) is 0.652. The summed E-state index contributed by atoms with van der Waals surface area (Å²) in [6, 6.07) is 9.74. The van der Waals surface area contributed by atoms with Gasteiger partial charge in [-0.2, -0.15) is 0 Å². The molecule has 1 aromatic rings. The van der Waals surface area contributed by atoms with Crippen LogP contribution in [-0.2, 0) is 30.6 Å². The van der Waals surface area contributed by atoms with Crippen molar-refractivity contribution in [2.75, 3.05) is 37.7 Å². The lowest BCUT2D eigenvalue weighted by atomic mass is 9.94. The summed E-state index contributed by atoms with van der Waals surface area (Å²) in [7, 11) is -3.44. The van der Waals surface area contributed by atoms with E-state index in [1.807, 2.05) is 49.1 Å². The first-order chi connectivity index (χ1) is 14.7. The average molecular weight is 451 g/mol. The highest BCUT2D eigenvalue weighted by molar-refractivity contribution is 7.92. The minimum Gasteiger partial charge on any atom is -0.372 e. The molecule has 2 fully saturated rings. The van der Waals surface area contributed by atoms with E-state index in [0.29, 0.717) is 51.9 Å². The molecule has 0 spiro atoms. The highest BCUT2D eigenvalue weighted by atomic mass is 32.2. The molecule has 0 bridgehead atoms. The molecule has 0 aromatic heterocycles. The van der Waals surface area contributed by atoms with E-state index in [0.717, 1.165) is 5.56 Å². The number of ether oxygens (including phenoxy) is 1. The summed E-state index contributed by atoms with van der Waals surface area (Å²) in [4.78, 5) is 28.9. The number of piperidine rings is 1. The number of likely N-dealkylation sites (tertiary alicyclic amines) is 1. The molecule has 2 heterocycles. The third-order valence-electron chi connectivity index (χ3n) is 6.04. The number of amides is 2. The number of morpholine rings is 1. The maximum absolute atomic E-state index is 12.9. The predicted octanol–water partition coefficient (Wildman–Crippen LogP) is 1.91. The Hall–Kier alpha value is -1.93. The van der Waals surface area contributed by atoms with Crippen LogP contribution in [-0.4, -0.2) is 79.9 Å². The van der Waals surface area contributed by atoms with Gasteiger partial charge in [0.1, 0.15) is 5.75 Å². The monoisotopic (exact) mass is 450 g/mol. The molecule has 2 atom stereocenters.